The second kappa shape index (κ2) is 8.05. The van der Waals surface area contributed by atoms with Gasteiger partial charge < -0.3 is 11.1 Å². The van der Waals surface area contributed by atoms with Gasteiger partial charge in [0.25, 0.3) is 0 Å². The SMILES string of the molecule is CCCC(N)C(=O)NC(C)Cc1ccc(C(C)C)cc1. The van der Waals surface area contributed by atoms with E-state index in [2.05, 4.69) is 43.4 Å². The van der Waals surface area contributed by atoms with E-state index in [0.717, 1.165) is 19.3 Å². The number of carbonyl (C=O) groups is 1. The van der Waals surface area contributed by atoms with Crippen molar-refractivity contribution in [1.82, 2.24) is 5.32 Å². The first-order valence-electron chi connectivity index (χ1n) is 7.58. The molecule has 3 N–H and O–H groups in total. The zero-order valence-corrected chi connectivity index (χ0v) is 13.1. The van der Waals surface area contributed by atoms with Crippen LogP contribution in [0.25, 0.3) is 0 Å². The number of benzene rings is 1. The predicted octanol–water partition coefficient (Wildman–Crippen LogP) is 2.98. The van der Waals surface area contributed by atoms with Gasteiger partial charge >= 0.3 is 0 Å². The molecular weight excluding hydrogens is 248 g/mol. The van der Waals surface area contributed by atoms with Crippen molar-refractivity contribution in [3.8, 4) is 0 Å². The standard InChI is InChI=1S/C17H28N2O/c1-5-6-16(18)17(20)19-13(4)11-14-7-9-15(10-8-14)12(2)3/h7-10,12-13,16H,5-6,11,18H2,1-4H3,(H,19,20). The quantitative estimate of drug-likeness (QED) is 0.804. The van der Waals surface area contributed by atoms with E-state index in [1.807, 2.05) is 13.8 Å². The van der Waals surface area contributed by atoms with Crippen LogP contribution in [0.15, 0.2) is 24.3 Å². The average molecular weight is 276 g/mol. The van der Waals surface area contributed by atoms with E-state index in [1.54, 1.807) is 0 Å². The first-order valence-corrected chi connectivity index (χ1v) is 7.58. The molecule has 0 spiro atoms. The lowest BCUT2D eigenvalue weighted by Gasteiger charge is -2.17. The second-order valence-electron chi connectivity index (χ2n) is 5.91. The third-order valence-corrected chi connectivity index (χ3v) is 3.51. The van der Waals surface area contributed by atoms with Gasteiger partial charge in [0, 0.05) is 6.04 Å². The molecule has 0 aliphatic rings. The summed E-state index contributed by atoms with van der Waals surface area (Å²) in [5.41, 5.74) is 8.40. The summed E-state index contributed by atoms with van der Waals surface area (Å²) in [6.07, 6.45) is 2.50. The zero-order valence-electron chi connectivity index (χ0n) is 13.1. The number of hydrogen-bond donors (Lipinski definition) is 2. The van der Waals surface area contributed by atoms with Gasteiger partial charge in [0.15, 0.2) is 0 Å². The van der Waals surface area contributed by atoms with Crippen LogP contribution < -0.4 is 11.1 Å². The summed E-state index contributed by atoms with van der Waals surface area (Å²) < 4.78 is 0. The van der Waals surface area contributed by atoms with Gasteiger partial charge in [0.1, 0.15) is 0 Å². The molecule has 0 heterocycles. The maximum Gasteiger partial charge on any atom is 0.237 e. The first-order chi connectivity index (χ1) is 9.43. The Bertz CT molecular complexity index is 412. The summed E-state index contributed by atoms with van der Waals surface area (Å²) in [6, 6.07) is 8.34. The Morgan fingerprint density at radius 2 is 1.80 bits per heavy atom. The minimum absolute atomic E-state index is 0.0434. The molecule has 1 rings (SSSR count). The van der Waals surface area contributed by atoms with Gasteiger partial charge in [0.05, 0.1) is 6.04 Å². The van der Waals surface area contributed by atoms with E-state index in [9.17, 15) is 4.79 Å². The molecule has 112 valence electrons. The van der Waals surface area contributed by atoms with E-state index >= 15 is 0 Å². The second-order valence-corrected chi connectivity index (χ2v) is 5.91. The molecule has 0 saturated heterocycles. The molecule has 0 radical (unpaired) electrons. The molecule has 3 nitrogen and oxygen atoms in total. The molecule has 1 amide bonds. The normalized spacial score (nSPS) is 14.1. The highest BCUT2D eigenvalue weighted by atomic mass is 16.2. The van der Waals surface area contributed by atoms with Crippen molar-refractivity contribution < 1.29 is 4.79 Å². The fourth-order valence-electron chi connectivity index (χ4n) is 2.24. The lowest BCUT2D eigenvalue weighted by atomic mass is 9.99. The summed E-state index contributed by atoms with van der Waals surface area (Å²) in [5.74, 6) is 0.506. The summed E-state index contributed by atoms with van der Waals surface area (Å²) in [6.45, 7) is 8.43. The highest BCUT2D eigenvalue weighted by molar-refractivity contribution is 5.81. The zero-order chi connectivity index (χ0) is 15.1. The third kappa shape index (κ3) is 5.33. The molecule has 2 atom stereocenters. The minimum Gasteiger partial charge on any atom is -0.352 e. The number of nitrogens with two attached hydrogens (primary N) is 1. The van der Waals surface area contributed by atoms with E-state index < -0.39 is 0 Å². The molecule has 20 heavy (non-hydrogen) atoms. The molecule has 0 fully saturated rings. The van der Waals surface area contributed by atoms with E-state index in [4.69, 9.17) is 5.73 Å². The van der Waals surface area contributed by atoms with E-state index in [1.165, 1.54) is 11.1 Å². The van der Waals surface area contributed by atoms with Gasteiger partial charge in [-0.15, -0.1) is 0 Å². The molecule has 0 bridgehead atoms. The molecule has 0 aliphatic carbocycles. The lowest BCUT2D eigenvalue weighted by molar-refractivity contribution is -0.123. The maximum absolute atomic E-state index is 11.8. The van der Waals surface area contributed by atoms with Crippen LogP contribution in [0.3, 0.4) is 0 Å². The van der Waals surface area contributed by atoms with E-state index in [0.29, 0.717) is 5.92 Å². The van der Waals surface area contributed by atoms with E-state index in [-0.39, 0.29) is 18.0 Å². The largest absolute Gasteiger partial charge is 0.352 e. The van der Waals surface area contributed by atoms with Crippen molar-refractivity contribution >= 4 is 5.91 Å². The first kappa shape index (κ1) is 16.7. The van der Waals surface area contributed by atoms with Crippen LogP contribution in [0, 0.1) is 0 Å². The Morgan fingerprint density at radius 3 is 2.30 bits per heavy atom. The third-order valence-electron chi connectivity index (χ3n) is 3.51. The van der Waals surface area contributed by atoms with Crippen LogP contribution in [-0.2, 0) is 11.2 Å². The van der Waals surface area contributed by atoms with Crippen molar-refractivity contribution in [3.63, 3.8) is 0 Å². The fourth-order valence-corrected chi connectivity index (χ4v) is 2.24. The number of rotatable bonds is 7. The van der Waals surface area contributed by atoms with Crippen molar-refractivity contribution in [2.75, 3.05) is 0 Å². The molecule has 0 saturated carbocycles. The molecule has 0 aromatic heterocycles. The summed E-state index contributed by atoms with van der Waals surface area (Å²) in [5, 5.41) is 2.99. The Kier molecular flexibility index (Phi) is 6.73. The Morgan fingerprint density at radius 1 is 1.20 bits per heavy atom. The molecule has 0 aliphatic heterocycles. The highest BCUT2D eigenvalue weighted by Crippen LogP contribution is 2.15. The Hall–Kier alpha value is -1.35. The van der Waals surface area contributed by atoms with Gasteiger partial charge in [-0.3, -0.25) is 4.79 Å². The van der Waals surface area contributed by atoms with Crippen LogP contribution in [0.1, 0.15) is 57.6 Å². The van der Waals surface area contributed by atoms with Crippen LogP contribution in [0.4, 0.5) is 0 Å². The summed E-state index contributed by atoms with van der Waals surface area (Å²) >= 11 is 0. The van der Waals surface area contributed by atoms with Crippen molar-refractivity contribution in [2.24, 2.45) is 5.73 Å². The predicted molar refractivity (Wildman–Crippen MR) is 84.7 cm³/mol. The maximum atomic E-state index is 11.8. The van der Waals surface area contributed by atoms with Gasteiger partial charge in [-0.1, -0.05) is 51.5 Å². The average Bonchev–Trinajstić information content (AvgIpc) is 2.39. The number of amides is 1. The molecule has 2 unspecified atom stereocenters. The van der Waals surface area contributed by atoms with Gasteiger partial charge in [-0.25, -0.2) is 0 Å². The molecule has 1 aromatic carbocycles. The van der Waals surface area contributed by atoms with Crippen LogP contribution in [0.2, 0.25) is 0 Å². The molecule has 1 aromatic rings. The summed E-state index contributed by atoms with van der Waals surface area (Å²) in [7, 11) is 0. The van der Waals surface area contributed by atoms with Gasteiger partial charge in [-0.2, -0.15) is 0 Å². The smallest absolute Gasteiger partial charge is 0.237 e. The number of hydrogen-bond acceptors (Lipinski definition) is 2. The highest BCUT2D eigenvalue weighted by Gasteiger charge is 2.14. The molecule has 3 heteroatoms. The monoisotopic (exact) mass is 276 g/mol. The topological polar surface area (TPSA) is 55.1 Å². The van der Waals surface area contributed by atoms with Crippen molar-refractivity contribution in [2.45, 2.75) is 65.0 Å². The lowest BCUT2D eigenvalue weighted by Crippen LogP contribution is -2.45. The van der Waals surface area contributed by atoms with Gasteiger partial charge in [0.2, 0.25) is 5.91 Å². The van der Waals surface area contributed by atoms with Crippen molar-refractivity contribution in [1.29, 1.82) is 0 Å². The van der Waals surface area contributed by atoms with Gasteiger partial charge in [-0.05, 0) is 36.8 Å². The number of nitrogens with one attached hydrogen (secondary N) is 1. The Balaban J connectivity index is 2.49. The molecular formula is C17H28N2O. The summed E-state index contributed by atoms with van der Waals surface area (Å²) in [4.78, 5) is 11.8. The van der Waals surface area contributed by atoms with Crippen LogP contribution in [-0.4, -0.2) is 18.0 Å². The minimum atomic E-state index is -0.384. The number of carbonyl (C=O) groups excluding carboxylic acids is 1. The van der Waals surface area contributed by atoms with Crippen LogP contribution >= 0.6 is 0 Å². The van der Waals surface area contributed by atoms with Crippen molar-refractivity contribution in [3.05, 3.63) is 35.4 Å². The Labute approximate surface area is 122 Å². The fraction of sp³-hybridized carbons (Fsp3) is 0.588. The van der Waals surface area contributed by atoms with Crippen LogP contribution in [0.5, 0.6) is 0 Å².